The molecule has 1 rings (SSSR count). The van der Waals surface area contributed by atoms with Gasteiger partial charge in [0.05, 0.1) is 0 Å². The lowest BCUT2D eigenvalue weighted by Crippen LogP contribution is -2.27. The number of hydrogen-bond donors (Lipinski definition) is 3. The Bertz CT molecular complexity index is 406. The number of aliphatic hydroxyl groups excluding tert-OH is 1. The summed E-state index contributed by atoms with van der Waals surface area (Å²) >= 11 is 0. The summed E-state index contributed by atoms with van der Waals surface area (Å²) in [5.41, 5.74) is 7.40. The first-order chi connectivity index (χ1) is 10.2. The van der Waals surface area contributed by atoms with Crippen LogP contribution in [0.4, 0.5) is 5.69 Å². The molecule has 4 N–H and O–H groups in total. The number of nitrogens with zero attached hydrogens (tertiary/aromatic N) is 1. The van der Waals surface area contributed by atoms with Gasteiger partial charge in [0, 0.05) is 31.8 Å². The van der Waals surface area contributed by atoms with Gasteiger partial charge in [-0.15, -0.1) is 0 Å². The van der Waals surface area contributed by atoms with Crippen LogP contribution in [-0.4, -0.2) is 42.2 Å². The zero-order valence-corrected chi connectivity index (χ0v) is 12.8. The number of nitrogens with one attached hydrogen (secondary N) is 1. The Balaban J connectivity index is 2.26. The van der Waals surface area contributed by atoms with Crippen molar-refractivity contribution in [2.45, 2.75) is 32.7 Å². The molecule has 0 spiro atoms. The van der Waals surface area contributed by atoms with Crippen molar-refractivity contribution in [1.82, 2.24) is 4.90 Å². The number of carbonyl (C=O) groups is 1. The Hall–Kier alpha value is -1.43. The molecule has 0 bridgehead atoms. The second kappa shape index (κ2) is 10.3. The van der Waals surface area contributed by atoms with Crippen LogP contribution >= 0.6 is 0 Å². The summed E-state index contributed by atoms with van der Waals surface area (Å²) in [6.07, 6.45) is 2.12. The Morgan fingerprint density at radius 1 is 1.24 bits per heavy atom. The van der Waals surface area contributed by atoms with E-state index >= 15 is 0 Å². The molecule has 1 amide bonds. The van der Waals surface area contributed by atoms with Gasteiger partial charge in [-0.05, 0) is 43.6 Å². The second-order valence-corrected chi connectivity index (χ2v) is 5.06. The van der Waals surface area contributed by atoms with Crippen molar-refractivity contribution in [2.75, 3.05) is 31.6 Å². The van der Waals surface area contributed by atoms with E-state index < -0.39 is 0 Å². The lowest BCUT2D eigenvalue weighted by atomic mass is 10.2. The molecule has 0 aliphatic heterocycles. The molecule has 0 radical (unpaired) electrons. The number of anilines is 1. The lowest BCUT2D eigenvalue weighted by Gasteiger charge is -2.19. The van der Waals surface area contributed by atoms with Crippen molar-refractivity contribution < 1.29 is 9.90 Å². The van der Waals surface area contributed by atoms with Crippen molar-refractivity contribution in [3.63, 3.8) is 0 Å². The number of benzene rings is 1. The number of aliphatic hydroxyl groups is 1. The predicted molar refractivity (Wildman–Crippen MR) is 86.0 cm³/mol. The number of nitrogens with two attached hydrogens (primary N) is 1. The summed E-state index contributed by atoms with van der Waals surface area (Å²) in [6, 6.07) is 7.59. The van der Waals surface area contributed by atoms with Crippen LogP contribution in [0.1, 0.15) is 31.7 Å². The van der Waals surface area contributed by atoms with Gasteiger partial charge in [-0.2, -0.15) is 0 Å². The molecule has 0 saturated carbocycles. The maximum atomic E-state index is 11.9. The molecule has 1 aromatic rings. The van der Waals surface area contributed by atoms with Crippen molar-refractivity contribution in [2.24, 2.45) is 5.73 Å². The van der Waals surface area contributed by atoms with E-state index in [0.717, 1.165) is 43.7 Å². The maximum absolute atomic E-state index is 11.9. The first-order valence-electron chi connectivity index (χ1n) is 7.61. The molecule has 1 aromatic carbocycles. The molecule has 0 aliphatic carbocycles. The van der Waals surface area contributed by atoms with Gasteiger partial charge >= 0.3 is 0 Å². The van der Waals surface area contributed by atoms with Crippen molar-refractivity contribution in [3.05, 3.63) is 29.8 Å². The van der Waals surface area contributed by atoms with Crippen molar-refractivity contribution in [1.29, 1.82) is 0 Å². The van der Waals surface area contributed by atoms with E-state index in [-0.39, 0.29) is 12.5 Å². The van der Waals surface area contributed by atoms with Crippen molar-refractivity contribution >= 4 is 11.6 Å². The summed E-state index contributed by atoms with van der Waals surface area (Å²) < 4.78 is 0. The average molecular weight is 293 g/mol. The van der Waals surface area contributed by atoms with E-state index in [2.05, 4.69) is 17.1 Å². The van der Waals surface area contributed by atoms with Crippen LogP contribution in [0.15, 0.2) is 24.3 Å². The number of hydrogen-bond acceptors (Lipinski definition) is 4. The van der Waals surface area contributed by atoms with Crippen LogP contribution in [-0.2, 0) is 11.3 Å². The second-order valence-electron chi connectivity index (χ2n) is 5.06. The number of rotatable bonds is 10. The highest BCUT2D eigenvalue weighted by molar-refractivity contribution is 5.90. The zero-order chi connectivity index (χ0) is 15.5. The molecule has 0 heterocycles. The van der Waals surface area contributed by atoms with Crippen molar-refractivity contribution in [3.8, 4) is 0 Å². The van der Waals surface area contributed by atoms with E-state index in [4.69, 9.17) is 10.8 Å². The average Bonchev–Trinajstić information content (AvgIpc) is 2.51. The third-order valence-electron chi connectivity index (χ3n) is 3.43. The van der Waals surface area contributed by atoms with Gasteiger partial charge in [-0.3, -0.25) is 4.79 Å². The highest BCUT2D eigenvalue weighted by atomic mass is 16.3. The minimum atomic E-state index is 0.0358. The maximum Gasteiger partial charge on any atom is 0.224 e. The monoisotopic (exact) mass is 293 g/mol. The first-order valence-corrected chi connectivity index (χ1v) is 7.61. The third-order valence-corrected chi connectivity index (χ3v) is 3.43. The SMILES string of the molecule is CCN(CCCO)CCCC(=O)Nc1ccc(CN)cc1. The first kappa shape index (κ1) is 17.6. The van der Waals surface area contributed by atoms with Gasteiger partial charge in [-0.1, -0.05) is 19.1 Å². The fraction of sp³-hybridized carbons (Fsp3) is 0.562. The molecule has 5 heteroatoms. The highest BCUT2D eigenvalue weighted by Gasteiger charge is 2.05. The van der Waals surface area contributed by atoms with Gasteiger partial charge in [0.15, 0.2) is 0 Å². The topological polar surface area (TPSA) is 78.6 Å². The molecular weight excluding hydrogens is 266 g/mol. The van der Waals surface area contributed by atoms with Gasteiger partial charge in [0.1, 0.15) is 0 Å². The normalized spacial score (nSPS) is 10.9. The summed E-state index contributed by atoms with van der Waals surface area (Å²) in [4.78, 5) is 14.1. The third kappa shape index (κ3) is 7.22. The molecule has 5 nitrogen and oxygen atoms in total. The molecule has 0 unspecified atom stereocenters. The molecule has 0 aliphatic rings. The smallest absolute Gasteiger partial charge is 0.224 e. The summed E-state index contributed by atoms with van der Waals surface area (Å²) in [6.45, 7) is 5.54. The van der Waals surface area contributed by atoms with Crippen LogP contribution in [0.2, 0.25) is 0 Å². The number of carbonyl (C=O) groups excluding carboxylic acids is 1. The fourth-order valence-corrected chi connectivity index (χ4v) is 2.13. The zero-order valence-electron chi connectivity index (χ0n) is 12.8. The van der Waals surface area contributed by atoms with Crippen LogP contribution in [0.5, 0.6) is 0 Å². The Labute approximate surface area is 127 Å². The van der Waals surface area contributed by atoms with Crippen LogP contribution < -0.4 is 11.1 Å². The Morgan fingerprint density at radius 2 is 1.90 bits per heavy atom. The molecule has 21 heavy (non-hydrogen) atoms. The van der Waals surface area contributed by atoms with E-state index in [9.17, 15) is 4.79 Å². The minimum absolute atomic E-state index is 0.0358. The van der Waals surface area contributed by atoms with E-state index in [1.54, 1.807) is 0 Å². The lowest BCUT2D eigenvalue weighted by molar-refractivity contribution is -0.116. The van der Waals surface area contributed by atoms with E-state index in [0.29, 0.717) is 13.0 Å². The largest absolute Gasteiger partial charge is 0.396 e. The van der Waals surface area contributed by atoms with Crippen LogP contribution in [0, 0.1) is 0 Å². The van der Waals surface area contributed by atoms with Gasteiger partial charge in [0.2, 0.25) is 5.91 Å². The van der Waals surface area contributed by atoms with Crippen LogP contribution in [0.25, 0.3) is 0 Å². The highest BCUT2D eigenvalue weighted by Crippen LogP contribution is 2.10. The van der Waals surface area contributed by atoms with Gasteiger partial charge < -0.3 is 21.1 Å². The summed E-state index contributed by atoms with van der Waals surface area (Å²) in [5, 5.41) is 11.7. The van der Waals surface area contributed by atoms with Gasteiger partial charge in [0.25, 0.3) is 0 Å². The van der Waals surface area contributed by atoms with E-state index in [1.807, 2.05) is 24.3 Å². The molecule has 0 fully saturated rings. The molecule has 0 atom stereocenters. The number of amides is 1. The standard InChI is InChI=1S/C16H27N3O2/c1-2-19(11-4-12-20)10-3-5-16(21)18-15-8-6-14(13-17)7-9-15/h6-9,20H,2-5,10-13,17H2,1H3,(H,18,21). The predicted octanol–water partition coefficient (Wildman–Crippen LogP) is 1.57. The summed E-state index contributed by atoms with van der Waals surface area (Å²) in [7, 11) is 0. The quantitative estimate of drug-likeness (QED) is 0.612. The Kier molecular flexibility index (Phi) is 8.66. The summed E-state index contributed by atoms with van der Waals surface area (Å²) in [5.74, 6) is 0.0358. The fourth-order valence-electron chi connectivity index (χ4n) is 2.13. The molecule has 0 saturated heterocycles. The molecular formula is C16H27N3O2. The molecule has 118 valence electrons. The minimum Gasteiger partial charge on any atom is -0.396 e. The van der Waals surface area contributed by atoms with Crippen LogP contribution in [0.3, 0.4) is 0 Å². The van der Waals surface area contributed by atoms with E-state index in [1.165, 1.54) is 0 Å². The Morgan fingerprint density at radius 3 is 2.48 bits per heavy atom. The molecule has 0 aromatic heterocycles. The van der Waals surface area contributed by atoms with Gasteiger partial charge in [-0.25, -0.2) is 0 Å².